The van der Waals surface area contributed by atoms with Gasteiger partial charge in [0.25, 0.3) is 5.91 Å². The highest BCUT2D eigenvalue weighted by Gasteiger charge is 2.27. The summed E-state index contributed by atoms with van der Waals surface area (Å²) in [6, 6.07) is 1.23. The number of aromatic amines is 1. The van der Waals surface area contributed by atoms with E-state index in [1.807, 2.05) is 6.08 Å². The zero-order valence-electron chi connectivity index (χ0n) is 15.8. The van der Waals surface area contributed by atoms with Crippen LogP contribution in [0, 0.1) is 5.82 Å². The number of hydrogen-bond donors (Lipinski definition) is 2. The molecular weight excluding hydrogens is 357 g/mol. The van der Waals surface area contributed by atoms with Gasteiger partial charge in [0.15, 0.2) is 0 Å². The number of H-pyrrole nitrogens is 1. The van der Waals surface area contributed by atoms with E-state index in [2.05, 4.69) is 11.6 Å². The van der Waals surface area contributed by atoms with Gasteiger partial charge in [-0.15, -0.1) is 0 Å². The fourth-order valence-corrected chi connectivity index (χ4v) is 4.48. The molecule has 0 unspecified atom stereocenters. The van der Waals surface area contributed by atoms with Crippen molar-refractivity contribution in [3.05, 3.63) is 53.0 Å². The van der Waals surface area contributed by atoms with E-state index in [0.29, 0.717) is 30.6 Å². The largest absolute Gasteiger partial charge is 0.366 e. The quantitative estimate of drug-likeness (QED) is 0.631. The van der Waals surface area contributed by atoms with E-state index in [1.165, 1.54) is 12.1 Å². The molecule has 0 saturated carbocycles. The van der Waals surface area contributed by atoms with Crippen LogP contribution in [0.15, 0.2) is 24.8 Å². The zero-order chi connectivity index (χ0) is 19.8. The first-order valence-electron chi connectivity index (χ1n) is 9.77. The van der Waals surface area contributed by atoms with Crippen molar-refractivity contribution >= 4 is 28.3 Å². The van der Waals surface area contributed by atoms with E-state index in [4.69, 9.17) is 5.73 Å². The molecule has 0 fully saturated rings. The monoisotopic (exact) mass is 381 g/mol. The fourth-order valence-electron chi connectivity index (χ4n) is 4.48. The first kappa shape index (κ1) is 18.5. The van der Waals surface area contributed by atoms with E-state index in [-0.39, 0.29) is 11.5 Å². The summed E-state index contributed by atoms with van der Waals surface area (Å²) in [5, 5.41) is 0.754. The number of aromatic nitrogens is 1. The van der Waals surface area contributed by atoms with Gasteiger partial charge in [-0.2, -0.15) is 0 Å². The standard InChI is InChI=1S/C22H24FN3O2/c1-2-18(27)26-10-6-7-13(12-26)19-16(23)11-15(22(24)28)21-20(19)14-8-4-3-5-9-17(14)25-21/h2,7,11,25H,1,3-6,8-10,12H2,(H2,24,28). The van der Waals surface area contributed by atoms with Gasteiger partial charge in [-0.3, -0.25) is 9.59 Å². The molecular formula is C22H24FN3O2. The molecule has 3 N–H and O–H groups in total. The minimum atomic E-state index is -0.645. The number of carbonyl (C=O) groups excluding carboxylic acids is 2. The van der Waals surface area contributed by atoms with Crippen LogP contribution >= 0.6 is 0 Å². The molecule has 1 aliphatic carbocycles. The summed E-state index contributed by atoms with van der Waals surface area (Å²) < 4.78 is 15.3. The van der Waals surface area contributed by atoms with Gasteiger partial charge in [-0.1, -0.05) is 19.1 Å². The Bertz CT molecular complexity index is 1020. The van der Waals surface area contributed by atoms with Crippen molar-refractivity contribution in [2.45, 2.75) is 38.5 Å². The molecule has 28 heavy (non-hydrogen) atoms. The lowest BCUT2D eigenvalue weighted by Crippen LogP contribution is -2.34. The summed E-state index contributed by atoms with van der Waals surface area (Å²) in [4.78, 5) is 29.1. The van der Waals surface area contributed by atoms with Gasteiger partial charge in [0.05, 0.1) is 11.1 Å². The van der Waals surface area contributed by atoms with Gasteiger partial charge in [-0.25, -0.2) is 4.39 Å². The van der Waals surface area contributed by atoms with Crippen LogP contribution in [0.25, 0.3) is 16.5 Å². The minimum Gasteiger partial charge on any atom is -0.366 e. The van der Waals surface area contributed by atoms with Gasteiger partial charge in [0.2, 0.25) is 5.91 Å². The predicted octanol–water partition coefficient (Wildman–Crippen LogP) is 3.48. The Hall–Kier alpha value is -2.89. The number of nitrogens with zero attached hydrogens (tertiary/aromatic N) is 1. The van der Waals surface area contributed by atoms with E-state index in [0.717, 1.165) is 54.3 Å². The summed E-state index contributed by atoms with van der Waals surface area (Å²) in [7, 11) is 0. The molecule has 0 radical (unpaired) electrons. The fraction of sp³-hybridized carbons (Fsp3) is 0.364. The topological polar surface area (TPSA) is 79.2 Å². The molecule has 1 aromatic heterocycles. The van der Waals surface area contributed by atoms with E-state index in [1.54, 1.807) is 4.90 Å². The number of primary amides is 1. The summed E-state index contributed by atoms with van der Waals surface area (Å²) >= 11 is 0. The molecule has 4 rings (SSSR count). The van der Waals surface area contributed by atoms with Crippen molar-refractivity contribution in [2.24, 2.45) is 5.73 Å². The average Bonchev–Trinajstić information content (AvgIpc) is 2.88. The van der Waals surface area contributed by atoms with E-state index in [9.17, 15) is 9.59 Å². The highest BCUT2D eigenvalue weighted by Crippen LogP contribution is 2.38. The van der Waals surface area contributed by atoms with E-state index < -0.39 is 11.7 Å². The van der Waals surface area contributed by atoms with Crippen LogP contribution < -0.4 is 5.73 Å². The smallest absolute Gasteiger partial charge is 0.250 e. The number of halogens is 1. The molecule has 2 heterocycles. The molecule has 2 amide bonds. The molecule has 146 valence electrons. The number of fused-ring (bicyclic) bond motifs is 3. The van der Waals surface area contributed by atoms with Gasteiger partial charge in [0.1, 0.15) is 5.82 Å². The second-order valence-electron chi connectivity index (χ2n) is 7.52. The number of amides is 2. The van der Waals surface area contributed by atoms with Crippen molar-refractivity contribution in [3.63, 3.8) is 0 Å². The van der Waals surface area contributed by atoms with Crippen molar-refractivity contribution in [1.82, 2.24) is 9.88 Å². The third kappa shape index (κ3) is 3.03. The summed E-state index contributed by atoms with van der Waals surface area (Å²) in [6.07, 6.45) is 8.87. The molecule has 1 aromatic carbocycles. The van der Waals surface area contributed by atoms with Gasteiger partial charge >= 0.3 is 0 Å². The number of nitrogens with two attached hydrogens (primary N) is 1. The summed E-state index contributed by atoms with van der Waals surface area (Å²) in [5.74, 6) is -1.27. The SMILES string of the molecule is C=CC(=O)N1CCC=C(c2c(F)cc(C(N)=O)c3[nH]c4c(c23)CCCCC4)C1. The molecule has 5 nitrogen and oxygen atoms in total. The number of aryl methyl sites for hydroxylation is 2. The van der Waals surface area contributed by atoms with Gasteiger partial charge in [-0.05, 0) is 55.4 Å². The van der Waals surface area contributed by atoms with Gasteiger partial charge < -0.3 is 15.6 Å². The first-order valence-corrected chi connectivity index (χ1v) is 9.77. The van der Waals surface area contributed by atoms with Crippen LogP contribution in [-0.2, 0) is 17.6 Å². The Labute approximate surface area is 163 Å². The molecule has 2 aromatic rings. The third-order valence-electron chi connectivity index (χ3n) is 5.80. The number of hydrogen-bond acceptors (Lipinski definition) is 2. The molecule has 1 aliphatic heterocycles. The zero-order valence-corrected chi connectivity index (χ0v) is 15.8. The molecule has 6 heteroatoms. The third-order valence-corrected chi connectivity index (χ3v) is 5.80. The lowest BCUT2D eigenvalue weighted by molar-refractivity contribution is -0.125. The Morgan fingerprint density at radius 3 is 2.79 bits per heavy atom. The highest BCUT2D eigenvalue weighted by atomic mass is 19.1. The maximum atomic E-state index is 15.3. The molecule has 2 aliphatic rings. The van der Waals surface area contributed by atoms with Crippen LogP contribution in [0.2, 0.25) is 0 Å². The molecule has 0 atom stereocenters. The lowest BCUT2D eigenvalue weighted by atomic mass is 9.91. The molecule has 0 bridgehead atoms. The first-order chi connectivity index (χ1) is 13.5. The lowest BCUT2D eigenvalue weighted by Gasteiger charge is -2.27. The summed E-state index contributed by atoms with van der Waals surface area (Å²) in [5.41, 5.74) is 9.74. The molecule has 0 spiro atoms. The van der Waals surface area contributed by atoms with Crippen LogP contribution in [0.5, 0.6) is 0 Å². The van der Waals surface area contributed by atoms with Crippen LogP contribution in [0.4, 0.5) is 4.39 Å². The predicted molar refractivity (Wildman–Crippen MR) is 107 cm³/mol. The number of benzene rings is 1. The minimum absolute atomic E-state index is 0.163. The average molecular weight is 381 g/mol. The van der Waals surface area contributed by atoms with Crippen LogP contribution in [-0.4, -0.2) is 34.8 Å². The maximum absolute atomic E-state index is 15.3. The van der Waals surface area contributed by atoms with E-state index >= 15 is 4.39 Å². The second kappa shape index (κ2) is 7.26. The van der Waals surface area contributed by atoms with Crippen molar-refractivity contribution in [2.75, 3.05) is 13.1 Å². The second-order valence-corrected chi connectivity index (χ2v) is 7.52. The Kier molecular flexibility index (Phi) is 4.79. The van der Waals surface area contributed by atoms with Gasteiger partial charge in [0, 0.05) is 29.7 Å². The summed E-state index contributed by atoms with van der Waals surface area (Å²) in [6.45, 7) is 4.46. The maximum Gasteiger partial charge on any atom is 0.250 e. The van der Waals surface area contributed by atoms with Crippen molar-refractivity contribution in [3.8, 4) is 0 Å². The van der Waals surface area contributed by atoms with Crippen LogP contribution in [0.3, 0.4) is 0 Å². The van der Waals surface area contributed by atoms with Crippen molar-refractivity contribution in [1.29, 1.82) is 0 Å². The Morgan fingerprint density at radius 1 is 1.25 bits per heavy atom. The number of nitrogens with one attached hydrogen (secondary N) is 1. The normalized spacial score (nSPS) is 17.0. The van der Waals surface area contributed by atoms with Crippen LogP contribution in [0.1, 0.15) is 52.9 Å². The number of rotatable bonds is 3. The van der Waals surface area contributed by atoms with Crippen molar-refractivity contribution < 1.29 is 14.0 Å². The number of carbonyl (C=O) groups is 2. The highest BCUT2D eigenvalue weighted by molar-refractivity contribution is 6.09. The Morgan fingerprint density at radius 2 is 2.04 bits per heavy atom. The molecule has 0 saturated heterocycles. The Balaban J connectivity index is 1.94.